The summed E-state index contributed by atoms with van der Waals surface area (Å²) in [6, 6.07) is 19.9. The third-order valence-electron chi connectivity index (χ3n) is 5.17. The SMILES string of the molecule is N#Cc1cnn(-c2ccccn2)c1NC(=O)c1ccc(N2C(=O)c3ccccc3C2=O)cc1. The molecule has 158 valence electrons. The second-order valence-corrected chi connectivity index (χ2v) is 7.11. The zero-order chi connectivity index (χ0) is 22.9. The van der Waals surface area contributed by atoms with Crippen LogP contribution in [0.1, 0.15) is 36.6 Å². The van der Waals surface area contributed by atoms with Crippen LogP contribution >= 0.6 is 0 Å². The lowest BCUT2D eigenvalue weighted by atomic mass is 10.1. The normalized spacial score (nSPS) is 12.4. The molecule has 0 saturated carbocycles. The molecule has 0 saturated heterocycles. The van der Waals surface area contributed by atoms with E-state index in [1.807, 2.05) is 6.07 Å². The van der Waals surface area contributed by atoms with Gasteiger partial charge in [-0.1, -0.05) is 18.2 Å². The van der Waals surface area contributed by atoms with Crippen molar-refractivity contribution in [1.82, 2.24) is 14.8 Å². The van der Waals surface area contributed by atoms with Gasteiger partial charge in [0.25, 0.3) is 17.7 Å². The van der Waals surface area contributed by atoms with Crippen molar-refractivity contribution in [2.75, 3.05) is 10.2 Å². The van der Waals surface area contributed by atoms with Gasteiger partial charge in [-0.15, -0.1) is 0 Å². The number of amides is 3. The number of nitriles is 1. The maximum absolute atomic E-state index is 12.9. The highest BCUT2D eigenvalue weighted by atomic mass is 16.2. The number of rotatable bonds is 4. The molecule has 9 nitrogen and oxygen atoms in total. The lowest BCUT2D eigenvalue weighted by molar-refractivity contribution is 0.0925. The second kappa shape index (κ2) is 7.86. The molecular formula is C24H14N6O3. The van der Waals surface area contributed by atoms with Crippen molar-refractivity contribution in [3.8, 4) is 11.9 Å². The molecule has 5 rings (SSSR count). The van der Waals surface area contributed by atoms with Gasteiger partial charge in [-0.05, 0) is 48.5 Å². The number of nitrogens with one attached hydrogen (secondary N) is 1. The van der Waals surface area contributed by atoms with Gasteiger partial charge in [0.2, 0.25) is 0 Å². The smallest absolute Gasteiger partial charge is 0.266 e. The van der Waals surface area contributed by atoms with E-state index in [0.717, 1.165) is 4.90 Å². The number of benzene rings is 2. The Morgan fingerprint density at radius 1 is 0.909 bits per heavy atom. The molecular weight excluding hydrogens is 420 g/mol. The lowest BCUT2D eigenvalue weighted by Gasteiger charge is -2.14. The topological polar surface area (TPSA) is 121 Å². The Morgan fingerprint density at radius 3 is 2.18 bits per heavy atom. The summed E-state index contributed by atoms with van der Waals surface area (Å²) in [5.41, 5.74) is 1.49. The van der Waals surface area contributed by atoms with E-state index in [1.165, 1.54) is 35.1 Å². The first kappa shape index (κ1) is 19.8. The number of anilines is 2. The van der Waals surface area contributed by atoms with Crippen LogP contribution in [-0.2, 0) is 0 Å². The minimum absolute atomic E-state index is 0.177. The third kappa shape index (κ3) is 3.32. The van der Waals surface area contributed by atoms with Crippen molar-refractivity contribution < 1.29 is 14.4 Å². The Balaban J connectivity index is 1.40. The summed E-state index contributed by atoms with van der Waals surface area (Å²) in [5, 5.41) is 16.2. The van der Waals surface area contributed by atoms with Crippen LogP contribution in [0.15, 0.2) is 79.1 Å². The number of hydrogen-bond acceptors (Lipinski definition) is 6. The van der Waals surface area contributed by atoms with Crippen molar-refractivity contribution in [2.45, 2.75) is 0 Å². The molecule has 2 aromatic heterocycles. The number of aromatic nitrogens is 3. The zero-order valence-electron chi connectivity index (χ0n) is 17.0. The van der Waals surface area contributed by atoms with Gasteiger partial charge in [-0.2, -0.15) is 15.0 Å². The molecule has 33 heavy (non-hydrogen) atoms. The summed E-state index contributed by atoms with van der Waals surface area (Å²) in [5.74, 6) is -0.685. The van der Waals surface area contributed by atoms with Crippen LogP contribution in [-0.4, -0.2) is 32.5 Å². The number of pyridine rings is 1. The summed E-state index contributed by atoms with van der Waals surface area (Å²) in [6.07, 6.45) is 2.92. The van der Waals surface area contributed by atoms with Crippen molar-refractivity contribution >= 4 is 29.2 Å². The van der Waals surface area contributed by atoms with Crippen molar-refractivity contribution in [3.05, 3.63) is 101 Å². The minimum atomic E-state index is -0.488. The van der Waals surface area contributed by atoms with Crippen molar-refractivity contribution in [2.24, 2.45) is 0 Å². The fourth-order valence-corrected chi connectivity index (χ4v) is 3.57. The van der Waals surface area contributed by atoms with Gasteiger partial charge in [-0.25, -0.2) is 9.88 Å². The summed E-state index contributed by atoms with van der Waals surface area (Å²) in [7, 11) is 0. The van der Waals surface area contributed by atoms with E-state index in [1.54, 1.807) is 48.7 Å². The van der Waals surface area contributed by atoms with Crippen LogP contribution in [0.5, 0.6) is 0 Å². The van der Waals surface area contributed by atoms with E-state index < -0.39 is 17.7 Å². The first-order chi connectivity index (χ1) is 16.1. The van der Waals surface area contributed by atoms with E-state index in [9.17, 15) is 19.6 Å². The number of carbonyl (C=O) groups is 3. The van der Waals surface area contributed by atoms with E-state index in [4.69, 9.17) is 0 Å². The van der Waals surface area contributed by atoms with Crippen molar-refractivity contribution in [1.29, 1.82) is 5.26 Å². The number of imide groups is 1. The third-order valence-corrected chi connectivity index (χ3v) is 5.17. The van der Waals surface area contributed by atoms with Crippen LogP contribution in [0.3, 0.4) is 0 Å². The summed E-state index contributed by atoms with van der Waals surface area (Å²) in [6.45, 7) is 0. The quantitative estimate of drug-likeness (QED) is 0.493. The highest BCUT2D eigenvalue weighted by Gasteiger charge is 2.36. The van der Waals surface area contributed by atoms with Crippen LogP contribution in [0.25, 0.3) is 5.82 Å². The molecule has 4 aromatic rings. The standard InChI is InChI=1S/C24H14N6O3/c25-13-16-14-27-30(20-7-3-4-12-26-20)21(16)28-22(31)15-8-10-17(11-9-15)29-23(32)18-5-1-2-6-19(18)24(29)33/h1-12,14H,(H,28,31). The Hall–Kier alpha value is -5.10. The van der Waals surface area contributed by atoms with Crippen molar-refractivity contribution in [3.63, 3.8) is 0 Å². The summed E-state index contributed by atoms with van der Waals surface area (Å²) < 4.78 is 1.36. The Labute approximate surface area is 187 Å². The number of carbonyl (C=O) groups excluding carboxylic acids is 3. The molecule has 0 fully saturated rings. The summed E-state index contributed by atoms with van der Waals surface area (Å²) in [4.78, 5) is 43.5. The van der Waals surface area contributed by atoms with Crippen LogP contribution < -0.4 is 10.2 Å². The molecule has 0 spiro atoms. The maximum Gasteiger partial charge on any atom is 0.266 e. The molecule has 3 heterocycles. The average molecular weight is 434 g/mol. The van der Waals surface area contributed by atoms with E-state index >= 15 is 0 Å². The second-order valence-electron chi connectivity index (χ2n) is 7.11. The molecule has 0 bridgehead atoms. The predicted octanol–water partition coefficient (Wildman–Crippen LogP) is 3.19. The Bertz CT molecular complexity index is 1420. The fourth-order valence-electron chi connectivity index (χ4n) is 3.57. The van der Waals surface area contributed by atoms with E-state index in [0.29, 0.717) is 22.6 Å². The van der Waals surface area contributed by atoms with Gasteiger partial charge >= 0.3 is 0 Å². The van der Waals surface area contributed by atoms with Crippen LogP contribution in [0, 0.1) is 11.3 Å². The molecule has 9 heteroatoms. The van der Waals surface area contributed by atoms with E-state index in [-0.39, 0.29) is 16.9 Å². The molecule has 0 radical (unpaired) electrons. The first-order valence-corrected chi connectivity index (χ1v) is 9.87. The van der Waals surface area contributed by atoms with Gasteiger partial charge in [0.15, 0.2) is 11.6 Å². The minimum Gasteiger partial charge on any atom is -0.305 e. The Kier molecular flexibility index (Phi) is 4.73. The largest absolute Gasteiger partial charge is 0.305 e. The molecule has 0 aliphatic carbocycles. The number of nitrogens with zero attached hydrogens (tertiary/aromatic N) is 5. The van der Waals surface area contributed by atoms with Gasteiger partial charge in [0.05, 0.1) is 23.0 Å². The predicted molar refractivity (Wildman–Crippen MR) is 118 cm³/mol. The van der Waals surface area contributed by atoms with Gasteiger partial charge in [0.1, 0.15) is 11.6 Å². The highest BCUT2D eigenvalue weighted by molar-refractivity contribution is 6.34. The fraction of sp³-hybridized carbons (Fsp3) is 0. The maximum atomic E-state index is 12.9. The highest BCUT2D eigenvalue weighted by Crippen LogP contribution is 2.28. The number of hydrogen-bond donors (Lipinski definition) is 1. The first-order valence-electron chi connectivity index (χ1n) is 9.87. The van der Waals surface area contributed by atoms with Gasteiger partial charge < -0.3 is 5.32 Å². The summed E-state index contributed by atoms with van der Waals surface area (Å²) >= 11 is 0. The lowest BCUT2D eigenvalue weighted by Crippen LogP contribution is -2.29. The van der Waals surface area contributed by atoms with E-state index in [2.05, 4.69) is 15.4 Å². The van der Waals surface area contributed by atoms with Gasteiger partial charge in [-0.3, -0.25) is 14.4 Å². The molecule has 1 N–H and O–H groups in total. The zero-order valence-corrected chi connectivity index (χ0v) is 17.0. The number of fused-ring (bicyclic) bond motifs is 1. The molecule has 1 aliphatic heterocycles. The monoisotopic (exact) mass is 434 g/mol. The Morgan fingerprint density at radius 2 is 1.58 bits per heavy atom. The average Bonchev–Trinajstić information content (AvgIpc) is 3.38. The van der Waals surface area contributed by atoms with Gasteiger partial charge in [0, 0.05) is 11.8 Å². The molecule has 1 aliphatic rings. The molecule has 0 unspecified atom stereocenters. The molecule has 2 aromatic carbocycles. The van der Waals surface area contributed by atoms with Crippen LogP contribution in [0.4, 0.5) is 11.5 Å². The molecule has 3 amide bonds. The molecule has 0 atom stereocenters. The van der Waals surface area contributed by atoms with Crippen LogP contribution in [0.2, 0.25) is 0 Å².